The van der Waals surface area contributed by atoms with Gasteiger partial charge in [0.25, 0.3) is 0 Å². The van der Waals surface area contributed by atoms with Gasteiger partial charge >= 0.3 is 35.9 Å². The summed E-state index contributed by atoms with van der Waals surface area (Å²) < 4.78 is 55.2. The van der Waals surface area contributed by atoms with E-state index < -0.39 is 24.2 Å². The Balaban J connectivity index is 0.00000420. The molecule has 11 heteroatoms. The normalized spacial score (nSPS) is 11.9. The van der Waals surface area contributed by atoms with E-state index in [9.17, 15) is 27.9 Å². The standard InChI is InChI=1S/C28H24F3NO6.Na/c1-16-25(26(33)19-7-9-20(36-3)10-8-19)23-12-11-22(38-28(29,30)31)14-24(23)32(16)15-18-5-4-6-21(13-18)37-17(2)27(34)35;/h4-14,17H,15H2,1-3H3,(H,34,35);/q;+1/p-1/t17-;/m1./s1. The number of hydrogen-bond donors (Lipinski definition) is 0. The first kappa shape index (κ1) is 30.1. The van der Waals surface area contributed by atoms with Crippen molar-refractivity contribution in [1.29, 1.82) is 0 Å². The van der Waals surface area contributed by atoms with Gasteiger partial charge in [0.2, 0.25) is 0 Å². The zero-order chi connectivity index (χ0) is 27.6. The number of benzene rings is 3. The number of aliphatic carboxylic acids is 1. The Bertz CT molecular complexity index is 1500. The molecule has 0 bridgehead atoms. The van der Waals surface area contributed by atoms with E-state index >= 15 is 0 Å². The summed E-state index contributed by atoms with van der Waals surface area (Å²) in [6.07, 6.45) is -6.07. The molecule has 0 amide bonds. The van der Waals surface area contributed by atoms with Gasteiger partial charge in [0.15, 0.2) is 5.78 Å². The third kappa shape index (κ3) is 6.95. The summed E-state index contributed by atoms with van der Waals surface area (Å²) in [5.41, 5.74) is 2.27. The molecule has 4 rings (SSSR count). The Kier molecular flexibility index (Phi) is 9.37. The number of alkyl halides is 3. The molecule has 0 N–H and O–H groups in total. The van der Waals surface area contributed by atoms with Gasteiger partial charge < -0.3 is 28.7 Å². The molecule has 0 saturated carbocycles. The summed E-state index contributed by atoms with van der Waals surface area (Å²) in [5, 5.41) is 11.5. The fourth-order valence-corrected chi connectivity index (χ4v) is 4.18. The van der Waals surface area contributed by atoms with Crippen molar-refractivity contribution in [1.82, 2.24) is 4.57 Å². The van der Waals surface area contributed by atoms with E-state index in [1.54, 1.807) is 60.0 Å². The van der Waals surface area contributed by atoms with E-state index in [-0.39, 0.29) is 47.6 Å². The quantitative estimate of drug-likeness (QED) is 0.233. The predicted molar refractivity (Wildman–Crippen MR) is 130 cm³/mol. The Labute approximate surface area is 244 Å². The number of methoxy groups -OCH3 is 1. The van der Waals surface area contributed by atoms with Gasteiger partial charge in [0.1, 0.15) is 23.4 Å². The number of carbonyl (C=O) groups is 2. The minimum absolute atomic E-state index is 0. The van der Waals surface area contributed by atoms with Crippen LogP contribution in [0.3, 0.4) is 0 Å². The summed E-state index contributed by atoms with van der Waals surface area (Å²) in [6, 6.07) is 17.0. The molecule has 0 spiro atoms. The zero-order valence-corrected chi connectivity index (χ0v) is 23.7. The largest absolute Gasteiger partial charge is 1.00 e. The molecule has 198 valence electrons. The average molecular weight is 549 g/mol. The number of ether oxygens (including phenoxy) is 3. The van der Waals surface area contributed by atoms with Crippen LogP contribution in [-0.4, -0.2) is 35.9 Å². The Morgan fingerprint density at radius 3 is 2.26 bits per heavy atom. The van der Waals surface area contributed by atoms with Gasteiger partial charge in [-0.15, -0.1) is 13.2 Å². The summed E-state index contributed by atoms with van der Waals surface area (Å²) in [4.78, 5) is 24.6. The minimum Gasteiger partial charge on any atom is -0.546 e. The number of carboxylic acids is 1. The first-order valence-corrected chi connectivity index (χ1v) is 11.5. The van der Waals surface area contributed by atoms with Crippen molar-refractivity contribution < 1.29 is 71.6 Å². The topological polar surface area (TPSA) is 89.8 Å². The molecule has 0 fully saturated rings. The molecule has 1 aromatic heterocycles. The van der Waals surface area contributed by atoms with E-state index in [0.29, 0.717) is 39.0 Å². The summed E-state index contributed by atoms with van der Waals surface area (Å²) in [7, 11) is 1.51. The average Bonchev–Trinajstić information content (AvgIpc) is 3.13. The SMILES string of the molecule is COc1ccc(C(=O)c2c(C)n(Cc3cccc(O[C@H](C)C(=O)[O-])c3)c3cc(OC(F)(F)F)ccc23)cc1.[Na+]. The fraction of sp³-hybridized carbons (Fsp3) is 0.214. The first-order chi connectivity index (χ1) is 18.0. The molecule has 0 radical (unpaired) electrons. The molecule has 0 unspecified atom stereocenters. The van der Waals surface area contributed by atoms with Crippen molar-refractivity contribution in [3.63, 3.8) is 0 Å². The van der Waals surface area contributed by atoms with Crippen molar-refractivity contribution in [3.05, 3.63) is 89.1 Å². The van der Waals surface area contributed by atoms with Crippen molar-refractivity contribution in [2.24, 2.45) is 0 Å². The van der Waals surface area contributed by atoms with Gasteiger partial charge in [0, 0.05) is 29.3 Å². The second-order valence-corrected chi connectivity index (χ2v) is 8.56. The van der Waals surface area contributed by atoms with Gasteiger partial charge in [-0.2, -0.15) is 0 Å². The summed E-state index contributed by atoms with van der Waals surface area (Å²) in [5.74, 6) is -1.25. The Morgan fingerprint density at radius 2 is 1.64 bits per heavy atom. The zero-order valence-electron chi connectivity index (χ0n) is 21.7. The van der Waals surface area contributed by atoms with Gasteiger partial charge in [-0.25, -0.2) is 0 Å². The maximum atomic E-state index is 13.6. The monoisotopic (exact) mass is 549 g/mol. The van der Waals surface area contributed by atoms with Gasteiger partial charge in [-0.1, -0.05) is 12.1 Å². The number of rotatable bonds is 9. The molecule has 0 saturated heterocycles. The maximum Gasteiger partial charge on any atom is 1.00 e. The van der Waals surface area contributed by atoms with Crippen LogP contribution in [0, 0.1) is 6.92 Å². The van der Waals surface area contributed by atoms with Crippen LogP contribution in [0.4, 0.5) is 13.2 Å². The van der Waals surface area contributed by atoms with Gasteiger partial charge in [0.05, 0.1) is 24.2 Å². The van der Waals surface area contributed by atoms with Gasteiger partial charge in [-0.3, -0.25) is 4.79 Å². The molecule has 0 aliphatic heterocycles. The number of fused-ring (bicyclic) bond motifs is 1. The van der Waals surface area contributed by atoms with Crippen LogP contribution >= 0.6 is 0 Å². The first-order valence-electron chi connectivity index (χ1n) is 11.5. The molecule has 7 nitrogen and oxygen atoms in total. The predicted octanol–water partition coefficient (Wildman–Crippen LogP) is 1.66. The third-order valence-corrected chi connectivity index (χ3v) is 5.99. The second-order valence-electron chi connectivity index (χ2n) is 8.56. The molecule has 0 aliphatic carbocycles. The van der Waals surface area contributed by atoms with Crippen LogP contribution in [0.1, 0.15) is 34.1 Å². The van der Waals surface area contributed by atoms with Crippen LogP contribution in [-0.2, 0) is 11.3 Å². The maximum absolute atomic E-state index is 13.6. The number of hydrogen-bond acceptors (Lipinski definition) is 6. The molecule has 0 aliphatic rings. The molecular formula is C28H23F3NNaO6. The molecule has 4 aromatic rings. The summed E-state index contributed by atoms with van der Waals surface area (Å²) in [6.45, 7) is 3.20. The number of halogens is 3. The van der Waals surface area contributed by atoms with E-state index in [1.165, 1.54) is 32.2 Å². The molecular weight excluding hydrogens is 526 g/mol. The number of aromatic nitrogens is 1. The third-order valence-electron chi connectivity index (χ3n) is 5.99. The summed E-state index contributed by atoms with van der Waals surface area (Å²) >= 11 is 0. The number of ketones is 1. The van der Waals surface area contributed by atoms with E-state index in [4.69, 9.17) is 9.47 Å². The van der Waals surface area contributed by atoms with Crippen molar-refractivity contribution in [2.45, 2.75) is 32.9 Å². The van der Waals surface area contributed by atoms with Crippen LogP contribution < -0.4 is 48.9 Å². The van der Waals surface area contributed by atoms with Crippen molar-refractivity contribution in [2.75, 3.05) is 7.11 Å². The number of nitrogens with zero attached hydrogens (tertiary/aromatic N) is 1. The Morgan fingerprint density at radius 1 is 0.974 bits per heavy atom. The minimum atomic E-state index is -4.89. The van der Waals surface area contributed by atoms with E-state index in [2.05, 4.69) is 4.74 Å². The number of carboxylic acid groups (broad SMARTS) is 1. The van der Waals surface area contributed by atoms with Crippen LogP contribution in [0.25, 0.3) is 10.9 Å². The van der Waals surface area contributed by atoms with Crippen LogP contribution in [0.15, 0.2) is 66.7 Å². The number of carbonyl (C=O) groups excluding carboxylic acids is 2. The molecule has 1 heterocycles. The van der Waals surface area contributed by atoms with Crippen LogP contribution in [0.5, 0.6) is 17.2 Å². The van der Waals surface area contributed by atoms with Crippen molar-refractivity contribution in [3.8, 4) is 17.2 Å². The van der Waals surface area contributed by atoms with Gasteiger partial charge in [-0.05, 0) is 67.9 Å². The van der Waals surface area contributed by atoms with Crippen LogP contribution in [0.2, 0.25) is 0 Å². The molecule has 1 atom stereocenters. The molecule has 3 aromatic carbocycles. The van der Waals surface area contributed by atoms with Crippen molar-refractivity contribution >= 4 is 22.7 Å². The molecule has 39 heavy (non-hydrogen) atoms. The smallest absolute Gasteiger partial charge is 0.546 e. The Hall–Kier alpha value is -3.47. The fourth-order valence-electron chi connectivity index (χ4n) is 4.18. The van der Waals surface area contributed by atoms with E-state index in [1.807, 2.05) is 0 Å². The second kappa shape index (κ2) is 12.1. The van der Waals surface area contributed by atoms with E-state index in [0.717, 1.165) is 0 Å².